The molecule has 3 atom stereocenters. The lowest BCUT2D eigenvalue weighted by Gasteiger charge is -2.37. The zero-order valence-corrected chi connectivity index (χ0v) is 23.9. The Morgan fingerprint density at radius 2 is 1.85 bits per heavy atom. The third-order valence-corrected chi connectivity index (χ3v) is 8.84. The number of benzene rings is 2. The molecule has 0 bridgehead atoms. The number of nitrogens with zero attached hydrogens (tertiary/aromatic N) is 2. The van der Waals surface area contributed by atoms with E-state index >= 15 is 0 Å². The maximum atomic E-state index is 13.4. The van der Waals surface area contributed by atoms with E-state index in [1.54, 1.807) is 14.2 Å². The van der Waals surface area contributed by atoms with Gasteiger partial charge in [0.05, 0.1) is 26.7 Å². The number of ether oxygens (including phenoxy) is 3. The van der Waals surface area contributed by atoms with E-state index in [4.69, 9.17) is 14.2 Å². The van der Waals surface area contributed by atoms with Crippen molar-refractivity contribution in [2.45, 2.75) is 57.5 Å². The van der Waals surface area contributed by atoms with Gasteiger partial charge >= 0.3 is 0 Å². The molecule has 0 saturated carbocycles. The largest absolute Gasteiger partial charge is 0.493 e. The Bertz CT molecular complexity index is 1120. The summed E-state index contributed by atoms with van der Waals surface area (Å²) in [6.45, 7) is 4.94. The normalized spacial score (nSPS) is 23.4. The van der Waals surface area contributed by atoms with Gasteiger partial charge in [-0.1, -0.05) is 12.1 Å². The van der Waals surface area contributed by atoms with E-state index in [-0.39, 0.29) is 17.7 Å². The lowest BCUT2D eigenvalue weighted by Crippen LogP contribution is -2.47. The van der Waals surface area contributed by atoms with E-state index in [0.717, 1.165) is 74.8 Å². The fourth-order valence-corrected chi connectivity index (χ4v) is 6.68. The average Bonchev–Trinajstić information content (AvgIpc) is 3.59. The summed E-state index contributed by atoms with van der Waals surface area (Å²) in [5.41, 5.74) is 4.04. The van der Waals surface area contributed by atoms with Crippen LogP contribution in [0.3, 0.4) is 0 Å². The summed E-state index contributed by atoms with van der Waals surface area (Å²) in [5, 5.41) is 3.27. The number of aryl methyl sites for hydroxylation is 2. The molecule has 1 amide bonds. The second-order valence-electron chi connectivity index (χ2n) is 11.6. The van der Waals surface area contributed by atoms with E-state index in [2.05, 4.69) is 46.4 Å². The Labute approximate surface area is 233 Å². The van der Waals surface area contributed by atoms with Gasteiger partial charge in [0.1, 0.15) is 5.75 Å². The number of nitrogens with one attached hydrogen (secondary N) is 1. The van der Waals surface area contributed by atoms with Crippen LogP contribution >= 0.6 is 0 Å². The van der Waals surface area contributed by atoms with Gasteiger partial charge in [-0.15, -0.1) is 0 Å². The van der Waals surface area contributed by atoms with Crippen LogP contribution in [0.1, 0.15) is 48.8 Å². The number of methoxy groups -OCH3 is 2. The number of hydrogen-bond donors (Lipinski definition) is 1. The first-order chi connectivity index (χ1) is 19.0. The molecule has 3 aliphatic rings. The molecule has 2 aromatic rings. The number of carbonyl (C=O) groups is 1. The second kappa shape index (κ2) is 13.1. The first-order valence-electron chi connectivity index (χ1n) is 14.7. The molecule has 0 aromatic heterocycles. The van der Waals surface area contributed by atoms with Crippen molar-refractivity contribution in [1.82, 2.24) is 15.1 Å². The van der Waals surface area contributed by atoms with Gasteiger partial charge in [-0.2, -0.15) is 0 Å². The highest BCUT2D eigenvalue weighted by Gasteiger charge is 2.32. The van der Waals surface area contributed by atoms with Crippen molar-refractivity contribution >= 4 is 5.91 Å². The molecular formula is C32H45N3O4. The van der Waals surface area contributed by atoms with Crippen LogP contribution in [0.2, 0.25) is 0 Å². The molecule has 5 rings (SSSR count). The first kappa shape index (κ1) is 27.8. The number of carbonyl (C=O) groups excluding carboxylic acids is 1. The predicted molar refractivity (Wildman–Crippen MR) is 154 cm³/mol. The molecule has 2 fully saturated rings. The zero-order valence-electron chi connectivity index (χ0n) is 23.9. The van der Waals surface area contributed by atoms with Crippen molar-refractivity contribution in [2.24, 2.45) is 11.8 Å². The van der Waals surface area contributed by atoms with E-state index in [9.17, 15) is 4.79 Å². The van der Waals surface area contributed by atoms with Crippen molar-refractivity contribution in [3.05, 3.63) is 53.1 Å². The summed E-state index contributed by atoms with van der Waals surface area (Å²) in [5.74, 6) is 2.82. The molecule has 2 saturated heterocycles. The van der Waals surface area contributed by atoms with Gasteiger partial charge in [0.15, 0.2) is 11.5 Å². The van der Waals surface area contributed by atoms with Crippen molar-refractivity contribution in [3.8, 4) is 17.2 Å². The van der Waals surface area contributed by atoms with Gasteiger partial charge in [-0.05, 0) is 99.5 Å². The van der Waals surface area contributed by atoms with E-state index < -0.39 is 0 Å². The predicted octanol–water partition coefficient (Wildman–Crippen LogP) is 4.31. The molecule has 7 nitrogen and oxygen atoms in total. The van der Waals surface area contributed by atoms with Gasteiger partial charge in [-0.25, -0.2) is 0 Å². The molecule has 2 heterocycles. The van der Waals surface area contributed by atoms with Gasteiger partial charge in [0.2, 0.25) is 5.91 Å². The van der Waals surface area contributed by atoms with Crippen LogP contribution in [0, 0.1) is 11.8 Å². The first-order valence-corrected chi connectivity index (χ1v) is 14.7. The summed E-state index contributed by atoms with van der Waals surface area (Å²) >= 11 is 0. The fraction of sp³-hybridized carbons (Fsp3) is 0.594. The fourth-order valence-electron chi connectivity index (χ4n) is 6.68. The summed E-state index contributed by atoms with van der Waals surface area (Å²) in [6, 6.07) is 13.2. The summed E-state index contributed by atoms with van der Waals surface area (Å²) < 4.78 is 17.3. The van der Waals surface area contributed by atoms with Crippen molar-refractivity contribution in [2.75, 3.05) is 54.1 Å². The zero-order chi connectivity index (χ0) is 27.2. The number of rotatable bonds is 11. The standard InChI is InChI=1S/C32H45N3O4/c1-34-15-5-8-28(34)13-14-33-32(36)27-16-24(22-39-29-11-10-25-6-4-7-26(25)18-29)20-35(21-27)19-23-9-12-30(37-2)31(17-23)38-3/h9-12,17-18,24,27-28H,4-8,13-16,19-22H2,1-3H3,(H,33,36)/t24-,27+,28?/m0/s1. The second-order valence-corrected chi connectivity index (χ2v) is 11.6. The van der Waals surface area contributed by atoms with Crippen LogP contribution < -0.4 is 19.5 Å². The average molecular weight is 536 g/mol. The summed E-state index contributed by atoms with van der Waals surface area (Å²) in [4.78, 5) is 18.2. The smallest absolute Gasteiger partial charge is 0.224 e. The van der Waals surface area contributed by atoms with Crippen LogP contribution in [0.15, 0.2) is 36.4 Å². The topological polar surface area (TPSA) is 63.3 Å². The SMILES string of the molecule is COc1ccc(CN2C[C@@H](COc3ccc4c(c3)CCC4)C[C@@H](C(=O)NCCC3CCCN3C)C2)cc1OC. The highest BCUT2D eigenvalue weighted by atomic mass is 16.5. The molecule has 7 heteroatoms. The number of hydrogen-bond acceptors (Lipinski definition) is 6. The van der Waals surface area contributed by atoms with E-state index in [1.807, 2.05) is 12.1 Å². The maximum absolute atomic E-state index is 13.4. The number of likely N-dealkylation sites (tertiary alicyclic amines) is 2. The molecule has 1 aliphatic carbocycles. The minimum atomic E-state index is -0.0474. The monoisotopic (exact) mass is 535 g/mol. The van der Waals surface area contributed by atoms with Crippen LogP contribution in [0.4, 0.5) is 0 Å². The Hall–Kier alpha value is -2.77. The number of piperidine rings is 1. The molecule has 2 aliphatic heterocycles. The van der Waals surface area contributed by atoms with Crippen LogP contribution in [-0.4, -0.2) is 75.8 Å². The molecule has 212 valence electrons. The van der Waals surface area contributed by atoms with Gasteiger partial charge in [-0.3, -0.25) is 9.69 Å². The van der Waals surface area contributed by atoms with Crippen molar-refractivity contribution < 1.29 is 19.0 Å². The quantitative estimate of drug-likeness (QED) is 0.463. The Morgan fingerprint density at radius 3 is 2.64 bits per heavy atom. The molecular weight excluding hydrogens is 490 g/mol. The van der Waals surface area contributed by atoms with E-state index in [1.165, 1.54) is 36.8 Å². The lowest BCUT2D eigenvalue weighted by molar-refractivity contribution is -0.127. The van der Waals surface area contributed by atoms with Crippen LogP contribution in [-0.2, 0) is 24.2 Å². The Balaban J connectivity index is 1.23. The Morgan fingerprint density at radius 1 is 1.00 bits per heavy atom. The molecule has 0 radical (unpaired) electrons. The van der Waals surface area contributed by atoms with Crippen molar-refractivity contribution in [3.63, 3.8) is 0 Å². The molecule has 2 aromatic carbocycles. The third kappa shape index (κ3) is 7.06. The molecule has 0 spiro atoms. The third-order valence-electron chi connectivity index (χ3n) is 8.84. The van der Waals surface area contributed by atoms with Gasteiger partial charge in [0, 0.05) is 38.1 Å². The minimum absolute atomic E-state index is 0.0474. The number of amides is 1. The van der Waals surface area contributed by atoms with Crippen molar-refractivity contribution in [1.29, 1.82) is 0 Å². The van der Waals surface area contributed by atoms with Crippen LogP contribution in [0.5, 0.6) is 17.2 Å². The highest BCUT2D eigenvalue weighted by molar-refractivity contribution is 5.79. The summed E-state index contributed by atoms with van der Waals surface area (Å²) in [6.07, 6.45) is 7.93. The molecule has 1 unspecified atom stereocenters. The van der Waals surface area contributed by atoms with E-state index in [0.29, 0.717) is 12.6 Å². The van der Waals surface area contributed by atoms with Gasteiger partial charge < -0.3 is 24.4 Å². The number of fused-ring (bicyclic) bond motifs is 1. The maximum Gasteiger partial charge on any atom is 0.224 e. The minimum Gasteiger partial charge on any atom is -0.493 e. The molecule has 39 heavy (non-hydrogen) atoms. The van der Waals surface area contributed by atoms with Gasteiger partial charge in [0.25, 0.3) is 0 Å². The highest BCUT2D eigenvalue weighted by Crippen LogP contribution is 2.31. The summed E-state index contributed by atoms with van der Waals surface area (Å²) in [7, 11) is 5.51. The van der Waals surface area contributed by atoms with Crippen LogP contribution in [0.25, 0.3) is 0 Å². The lowest BCUT2D eigenvalue weighted by atomic mass is 9.88. The Kier molecular flexibility index (Phi) is 9.30. The molecule has 1 N–H and O–H groups in total.